The van der Waals surface area contributed by atoms with Gasteiger partial charge in [-0.2, -0.15) is 0 Å². The highest BCUT2D eigenvalue weighted by molar-refractivity contribution is 5.89. The highest BCUT2D eigenvalue weighted by Crippen LogP contribution is 2.23. The summed E-state index contributed by atoms with van der Waals surface area (Å²) in [5.41, 5.74) is 4.54. The smallest absolute Gasteiger partial charge is 0.0327 e. The van der Waals surface area contributed by atoms with E-state index in [4.69, 9.17) is 0 Å². The van der Waals surface area contributed by atoms with Gasteiger partial charge in [0.25, 0.3) is 0 Å². The second-order valence-electron chi connectivity index (χ2n) is 4.96. The third-order valence-electron chi connectivity index (χ3n) is 3.65. The molecule has 4 rings (SSSR count). The summed E-state index contributed by atoms with van der Waals surface area (Å²) in [6.07, 6.45) is 4.31. The zero-order valence-electron chi connectivity index (χ0n) is 10.9. The van der Waals surface area contributed by atoms with Crippen LogP contribution >= 0.6 is 0 Å². The summed E-state index contributed by atoms with van der Waals surface area (Å²) in [6.45, 7) is 0. The molecule has 0 amide bonds. The monoisotopic (exact) mass is 252 g/mol. The summed E-state index contributed by atoms with van der Waals surface area (Å²) in [5, 5.41) is 2.49. The summed E-state index contributed by atoms with van der Waals surface area (Å²) in [6, 6.07) is 21.1. The van der Waals surface area contributed by atoms with Gasteiger partial charge >= 0.3 is 0 Å². The first-order chi connectivity index (χ1) is 9.90. The molecule has 0 N–H and O–H groups in total. The molecular weight excluding hydrogens is 240 g/mol. The minimum Gasteiger partial charge on any atom is -0.0616 e. The van der Waals surface area contributed by atoms with Crippen LogP contribution in [0.15, 0.2) is 60.7 Å². The number of fused-ring (bicyclic) bond motifs is 3. The molecule has 1 aliphatic rings. The lowest BCUT2D eigenvalue weighted by Gasteiger charge is -2.06. The van der Waals surface area contributed by atoms with Crippen molar-refractivity contribution in [2.45, 2.75) is 0 Å². The van der Waals surface area contributed by atoms with Crippen LogP contribution in [0.25, 0.3) is 22.9 Å². The fourth-order valence-electron chi connectivity index (χ4n) is 2.57. The summed E-state index contributed by atoms with van der Waals surface area (Å²) in [5.74, 6) is 6.60. The van der Waals surface area contributed by atoms with Crippen molar-refractivity contribution in [3.8, 4) is 11.8 Å². The summed E-state index contributed by atoms with van der Waals surface area (Å²) in [7, 11) is 0. The third kappa shape index (κ3) is 1.81. The van der Waals surface area contributed by atoms with Gasteiger partial charge in [-0.1, -0.05) is 66.5 Å². The van der Waals surface area contributed by atoms with Gasteiger partial charge in [-0.05, 0) is 40.1 Å². The van der Waals surface area contributed by atoms with Crippen LogP contribution in [0, 0.1) is 11.8 Å². The standard InChI is InChI=1S/C20H12/c1-2-6-16-10-12-20-14-18-8-4-3-7-17(18)13-19(20)11-9-15(16)5-1/h1-9,11,13-14H/b11-9-,15-9?,19-11?. The molecule has 0 heteroatoms. The first-order valence-electron chi connectivity index (χ1n) is 6.72. The van der Waals surface area contributed by atoms with E-state index in [2.05, 4.69) is 72.5 Å². The lowest BCUT2D eigenvalue weighted by molar-refractivity contribution is 1.58. The van der Waals surface area contributed by atoms with E-state index in [-0.39, 0.29) is 0 Å². The fourth-order valence-corrected chi connectivity index (χ4v) is 2.57. The molecule has 0 fully saturated rings. The van der Waals surface area contributed by atoms with E-state index in [0.717, 1.165) is 11.1 Å². The van der Waals surface area contributed by atoms with Gasteiger partial charge in [0.05, 0.1) is 0 Å². The molecule has 92 valence electrons. The summed E-state index contributed by atoms with van der Waals surface area (Å²) >= 11 is 0. The van der Waals surface area contributed by atoms with Crippen LogP contribution in [0.3, 0.4) is 0 Å². The van der Waals surface area contributed by atoms with Gasteiger partial charge in [0.2, 0.25) is 0 Å². The molecule has 0 aliphatic heterocycles. The van der Waals surface area contributed by atoms with E-state index < -0.39 is 0 Å². The van der Waals surface area contributed by atoms with Crippen molar-refractivity contribution in [1.29, 1.82) is 0 Å². The molecule has 0 nitrogen and oxygen atoms in total. The molecule has 0 saturated carbocycles. The Morgan fingerprint density at radius 1 is 0.550 bits per heavy atom. The van der Waals surface area contributed by atoms with Gasteiger partial charge in [-0.3, -0.25) is 0 Å². The van der Waals surface area contributed by atoms with Crippen LogP contribution in [-0.2, 0) is 0 Å². The van der Waals surface area contributed by atoms with Gasteiger partial charge in [0.15, 0.2) is 0 Å². The van der Waals surface area contributed by atoms with Crippen molar-refractivity contribution >= 4 is 22.9 Å². The van der Waals surface area contributed by atoms with Crippen LogP contribution in [0.1, 0.15) is 22.3 Å². The van der Waals surface area contributed by atoms with E-state index >= 15 is 0 Å². The van der Waals surface area contributed by atoms with Gasteiger partial charge in [0, 0.05) is 11.1 Å². The molecule has 1 aliphatic carbocycles. The second-order valence-corrected chi connectivity index (χ2v) is 4.96. The topological polar surface area (TPSA) is 0 Å². The molecule has 0 radical (unpaired) electrons. The molecule has 3 aromatic rings. The fraction of sp³-hybridized carbons (Fsp3) is 0. The second kappa shape index (κ2) is 4.40. The van der Waals surface area contributed by atoms with Crippen molar-refractivity contribution < 1.29 is 0 Å². The number of hydrogen-bond donors (Lipinski definition) is 0. The quantitative estimate of drug-likeness (QED) is 0.397. The van der Waals surface area contributed by atoms with Gasteiger partial charge in [0.1, 0.15) is 0 Å². The normalized spacial score (nSPS) is 13.4. The molecule has 0 bridgehead atoms. The number of hydrogen-bond acceptors (Lipinski definition) is 0. The molecule has 20 heavy (non-hydrogen) atoms. The Kier molecular flexibility index (Phi) is 2.44. The Bertz CT molecular complexity index is 902. The molecule has 0 aromatic heterocycles. The van der Waals surface area contributed by atoms with Crippen LogP contribution in [0.4, 0.5) is 0 Å². The van der Waals surface area contributed by atoms with Crippen LogP contribution in [0.5, 0.6) is 0 Å². The maximum absolute atomic E-state index is 3.31. The lowest BCUT2D eigenvalue weighted by Crippen LogP contribution is -1.88. The first-order valence-corrected chi connectivity index (χ1v) is 6.72. The van der Waals surface area contributed by atoms with E-state index in [1.165, 1.54) is 21.9 Å². The van der Waals surface area contributed by atoms with E-state index in [1.807, 2.05) is 12.1 Å². The van der Waals surface area contributed by atoms with E-state index in [1.54, 1.807) is 0 Å². The van der Waals surface area contributed by atoms with Gasteiger partial charge in [-0.15, -0.1) is 0 Å². The zero-order valence-corrected chi connectivity index (χ0v) is 10.9. The first kappa shape index (κ1) is 11.1. The zero-order chi connectivity index (χ0) is 13.4. The van der Waals surface area contributed by atoms with Crippen molar-refractivity contribution in [3.63, 3.8) is 0 Å². The third-order valence-corrected chi connectivity index (χ3v) is 3.65. The maximum atomic E-state index is 3.31. The SMILES string of the molecule is C1#Cc2cc3ccccc3cc2/C=C\c2ccccc21. The van der Waals surface area contributed by atoms with Crippen molar-refractivity contribution in [3.05, 3.63) is 82.9 Å². The lowest BCUT2D eigenvalue weighted by atomic mass is 9.97. The summed E-state index contributed by atoms with van der Waals surface area (Å²) in [4.78, 5) is 0. The Hall–Kier alpha value is -2.78. The molecule has 0 atom stereocenters. The average molecular weight is 252 g/mol. The number of rotatable bonds is 0. The Labute approximate surface area is 118 Å². The van der Waals surface area contributed by atoms with Gasteiger partial charge in [-0.25, -0.2) is 0 Å². The molecule has 0 spiro atoms. The Balaban J connectivity index is 1.99. The Morgan fingerprint density at radius 2 is 1.20 bits per heavy atom. The highest BCUT2D eigenvalue weighted by atomic mass is 14.1. The van der Waals surface area contributed by atoms with E-state index in [0.29, 0.717) is 0 Å². The Morgan fingerprint density at radius 3 is 2.10 bits per heavy atom. The van der Waals surface area contributed by atoms with Gasteiger partial charge < -0.3 is 0 Å². The van der Waals surface area contributed by atoms with Crippen molar-refractivity contribution in [1.82, 2.24) is 0 Å². The summed E-state index contributed by atoms with van der Waals surface area (Å²) < 4.78 is 0. The molecule has 0 saturated heterocycles. The number of benzene rings is 3. The van der Waals surface area contributed by atoms with E-state index in [9.17, 15) is 0 Å². The predicted molar refractivity (Wildman–Crippen MR) is 85.3 cm³/mol. The minimum atomic E-state index is 1.09. The minimum absolute atomic E-state index is 1.09. The molecular formula is C20H12. The average Bonchev–Trinajstić information content (AvgIpc) is 2.49. The predicted octanol–water partition coefficient (Wildman–Crippen LogP) is 4.72. The van der Waals surface area contributed by atoms with Crippen molar-refractivity contribution in [2.24, 2.45) is 0 Å². The molecule has 0 unspecified atom stereocenters. The maximum Gasteiger partial charge on any atom is 0.0327 e. The van der Waals surface area contributed by atoms with Crippen LogP contribution < -0.4 is 0 Å². The van der Waals surface area contributed by atoms with Crippen molar-refractivity contribution in [2.75, 3.05) is 0 Å². The molecule has 3 aromatic carbocycles. The van der Waals surface area contributed by atoms with Crippen LogP contribution in [0.2, 0.25) is 0 Å². The van der Waals surface area contributed by atoms with Crippen LogP contribution in [-0.4, -0.2) is 0 Å². The largest absolute Gasteiger partial charge is 0.0616 e. The highest BCUT2D eigenvalue weighted by Gasteiger charge is 2.04. The molecule has 0 heterocycles.